The smallest absolute Gasteiger partial charge is 0.144 e. The summed E-state index contributed by atoms with van der Waals surface area (Å²) in [7, 11) is -1.56. The van der Waals surface area contributed by atoms with Crippen LogP contribution in [-0.4, -0.2) is 13.1 Å². The van der Waals surface area contributed by atoms with Gasteiger partial charge in [-0.05, 0) is 29.7 Å². The van der Waals surface area contributed by atoms with Crippen LogP contribution in [0.5, 0.6) is 0 Å². The van der Waals surface area contributed by atoms with Crippen molar-refractivity contribution in [3.63, 3.8) is 0 Å². The molecule has 0 aliphatic rings. The number of furan rings is 1. The summed E-state index contributed by atoms with van der Waals surface area (Å²) >= 11 is 0. The van der Waals surface area contributed by atoms with E-state index in [4.69, 9.17) is 8.53 Å². The number of nitrogens with zero attached hydrogens (tertiary/aromatic N) is 1. The minimum Gasteiger partial charge on any atom is -0.455 e. The van der Waals surface area contributed by atoms with Gasteiger partial charge in [0, 0.05) is 26.6 Å². The van der Waals surface area contributed by atoms with Crippen LogP contribution in [0.1, 0.15) is 9.68 Å². The maximum atomic E-state index is 7.51. The molecule has 0 saturated carbocycles. The summed E-state index contributed by atoms with van der Waals surface area (Å²) in [5.41, 5.74) is 3.58. The predicted molar refractivity (Wildman–Crippen MR) is 105 cm³/mol. The summed E-state index contributed by atoms with van der Waals surface area (Å²) in [5, 5.41) is 3.48. The Bertz CT molecular complexity index is 1140. The molecule has 0 unspecified atom stereocenters. The molecule has 0 radical (unpaired) electrons. The van der Waals surface area contributed by atoms with Crippen LogP contribution in [0, 0.1) is 6.85 Å². The fraction of sp³-hybridized carbons (Fsp3) is 0.190. The van der Waals surface area contributed by atoms with Crippen LogP contribution in [0.25, 0.3) is 33.2 Å². The maximum Gasteiger partial charge on any atom is 0.144 e. The molecule has 0 fully saturated rings. The lowest BCUT2D eigenvalue weighted by Crippen LogP contribution is -2.37. The third kappa shape index (κ3) is 2.36. The third-order valence-electron chi connectivity index (χ3n) is 4.37. The molecular formula is C21H21NOSi. The number of rotatable bonds is 2. The Morgan fingerprint density at radius 3 is 2.33 bits per heavy atom. The zero-order valence-corrected chi connectivity index (χ0v) is 15.1. The molecule has 2 aromatic carbocycles. The van der Waals surface area contributed by atoms with E-state index in [-0.39, 0.29) is 5.56 Å². The molecule has 0 aliphatic heterocycles. The zero-order chi connectivity index (χ0) is 19.4. The summed E-state index contributed by atoms with van der Waals surface area (Å²) in [5.74, 6) is 0. The molecule has 0 atom stereocenters. The number of fused-ring (bicyclic) bond motifs is 3. The molecule has 120 valence electrons. The highest BCUT2D eigenvalue weighted by atomic mass is 28.3. The van der Waals surface area contributed by atoms with Crippen molar-refractivity contribution in [2.24, 2.45) is 0 Å². The third-order valence-corrected chi connectivity index (χ3v) is 6.38. The SMILES string of the molecule is [2H]C([2H])([2H])c1ccc(-c2cccc3c2oc2c([Si](C)(C)C)cccc23)nc1. The number of pyridine rings is 1. The maximum absolute atomic E-state index is 7.51. The zero-order valence-electron chi connectivity index (χ0n) is 17.1. The minimum absolute atomic E-state index is 0.240. The molecule has 2 aromatic heterocycles. The van der Waals surface area contributed by atoms with Crippen LogP contribution < -0.4 is 5.19 Å². The molecule has 0 amide bonds. The molecule has 2 nitrogen and oxygen atoms in total. The van der Waals surface area contributed by atoms with Crippen molar-refractivity contribution in [2.45, 2.75) is 26.5 Å². The first-order valence-corrected chi connectivity index (χ1v) is 11.6. The largest absolute Gasteiger partial charge is 0.455 e. The van der Waals surface area contributed by atoms with Crippen molar-refractivity contribution in [2.75, 3.05) is 0 Å². The van der Waals surface area contributed by atoms with E-state index in [1.807, 2.05) is 12.1 Å². The molecule has 2 heterocycles. The van der Waals surface area contributed by atoms with Crippen LogP contribution >= 0.6 is 0 Å². The van der Waals surface area contributed by atoms with E-state index in [2.05, 4.69) is 48.9 Å². The topological polar surface area (TPSA) is 26.0 Å². The van der Waals surface area contributed by atoms with E-state index in [9.17, 15) is 0 Å². The first-order chi connectivity index (χ1) is 12.7. The molecule has 0 spiro atoms. The van der Waals surface area contributed by atoms with Gasteiger partial charge in [-0.2, -0.15) is 0 Å². The van der Waals surface area contributed by atoms with Crippen LogP contribution in [0.4, 0.5) is 0 Å². The van der Waals surface area contributed by atoms with Crippen LogP contribution in [0.2, 0.25) is 19.6 Å². The first kappa shape index (κ1) is 12.0. The number of benzene rings is 2. The van der Waals surface area contributed by atoms with E-state index in [1.54, 1.807) is 12.1 Å². The Kier molecular flexibility index (Phi) is 2.67. The number of para-hydroxylation sites is 2. The van der Waals surface area contributed by atoms with E-state index in [1.165, 1.54) is 11.4 Å². The van der Waals surface area contributed by atoms with E-state index in [0.717, 1.165) is 27.5 Å². The highest BCUT2D eigenvalue weighted by Gasteiger charge is 2.23. The Morgan fingerprint density at radius 2 is 1.67 bits per heavy atom. The molecule has 0 aliphatic carbocycles. The fourth-order valence-electron chi connectivity index (χ4n) is 3.17. The molecule has 24 heavy (non-hydrogen) atoms. The minimum atomic E-state index is -2.15. The molecule has 0 bridgehead atoms. The molecule has 0 saturated heterocycles. The first-order valence-electron chi connectivity index (χ1n) is 9.58. The summed E-state index contributed by atoms with van der Waals surface area (Å²) in [6.07, 6.45) is 1.43. The van der Waals surface area contributed by atoms with Gasteiger partial charge in [0.1, 0.15) is 11.2 Å². The Hall–Kier alpha value is -2.39. The Labute approximate surface area is 147 Å². The van der Waals surface area contributed by atoms with Gasteiger partial charge in [-0.3, -0.25) is 4.98 Å². The van der Waals surface area contributed by atoms with Gasteiger partial charge in [-0.1, -0.05) is 56.0 Å². The molecule has 0 N–H and O–H groups in total. The highest BCUT2D eigenvalue weighted by molar-refractivity contribution is 6.90. The molecule has 4 aromatic rings. The van der Waals surface area contributed by atoms with Gasteiger partial charge in [-0.15, -0.1) is 0 Å². The Balaban J connectivity index is 1.95. The lowest BCUT2D eigenvalue weighted by atomic mass is 10.1. The summed E-state index contributed by atoms with van der Waals surface area (Å²) < 4.78 is 28.9. The quantitative estimate of drug-likeness (QED) is 0.452. The van der Waals surface area contributed by atoms with Crippen LogP contribution in [-0.2, 0) is 0 Å². The second kappa shape index (κ2) is 5.31. The van der Waals surface area contributed by atoms with Gasteiger partial charge in [0.05, 0.1) is 13.8 Å². The van der Waals surface area contributed by atoms with E-state index >= 15 is 0 Å². The predicted octanol–water partition coefficient (Wildman–Crippen LogP) is 5.50. The molecule has 4 rings (SSSR count). The number of aromatic nitrogens is 1. The van der Waals surface area contributed by atoms with Gasteiger partial charge in [0.25, 0.3) is 0 Å². The summed E-state index contributed by atoms with van der Waals surface area (Å²) in [4.78, 5) is 4.40. The van der Waals surface area contributed by atoms with Gasteiger partial charge in [-0.25, -0.2) is 0 Å². The van der Waals surface area contributed by atoms with Crippen molar-refractivity contribution in [3.8, 4) is 11.3 Å². The normalized spacial score (nSPS) is 14.5. The fourth-order valence-corrected chi connectivity index (χ4v) is 4.63. The van der Waals surface area contributed by atoms with Gasteiger partial charge < -0.3 is 4.42 Å². The van der Waals surface area contributed by atoms with Crippen LogP contribution in [0.15, 0.2) is 59.1 Å². The monoisotopic (exact) mass is 334 g/mol. The average molecular weight is 335 g/mol. The van der Waals surface area contributed by atoms with Crippen molar-refractivity contribution < 1.29 is 8.53 Å². The second-order valence-corrected chi connectivity index (χ2v) is 12.2. The second-order valence-electron chi connectivity index (χ2n) is 7.15. The lowest BCUT2D eigenvalue weighted by Gasteiger charge is -2.16. The highest BCUT2D eigenvalue weighted by Crippen LogP contribution is 2.35. The van der Waals surface area contributed by atoms with Crippen molar-refractivity contribution in [3.05, 3.63) is 60.3 Å². The molecular weight excluding hydrogens is 310 g/mol. The molecule has 3 heteroatoms. The van der Waals surface area contributed by atoms with E-state index in [0.29, 0.717) is 5.69 Å². The lowest BCUT2D eigenvalue weighted by molar-refractivity contribution is 0.672. The van der Waals surface area contributed by atoms with E-state index < -0.39 is 14.9 Å². The average Bonchev–Trinajstić information content (AvgIpc) is 2.99. The van der Waals surface area contributed by atoms with Crippen molar-refractivity contribution in [1.82, 2.24) is 4.98 Å². The van der Waals surface area contributed by atoms with Gasteiger partial charge in [0.15, 0.2) is 0 Å². The van der Waals surface area contributed by atoms with Crippen LogP contribution in [0.3, 0.4) is 0 Å². The number of aryl methyl sites for hydroxylation is 1. The van der Waals surface area contributed by atoms with Crippen molar-refractivity contribution in [1.29, 1.82) is 0 Å². The summed E-state index contributed by atoms with van der Waals surface area (Å²) in [6, 6.07) is 15.8. The standard InChI is InChI=1S/C21H21NOSi/c1-14-11-12-18(22-13-14)17-9-5-7-15-16-8-6-10-19(24(2,3)4)21(16)23-20(15)17/h5-13H,1-4H3/i1D3. The van der Waals surface area contributed by atoms with Gasteiger partial charge >= 0.3 is 0 Å². The number of hydrogen-bond donors (Lipinski definition) is 0. The van der Waals surface area contributed by atoms with Crippen molar-refractivity contribution >= 4 is 35.2 Å². The number of hydrogen-bond acceptors (Lipinski definition) is 2. The summed E-state index contributed by atoms with van der Waals surface area (Å²) in [6.45, 7) is 4.78. The Morgan fingerprint density at radius 1 is 0.917 bits per heavy atom. The van der Waals surface area contributed by atoms with Gasteiger partial charge in [0.2, 0.25) is 0 Å².